The number of halogens is 3. The number of nitrogens with zero attached hydrogens (tertiary/aromatic N) is 1. The maximum Gasteiger partial charge on any atom is 0.417 e. The van der Waals surface area contributed by atoms with Crippen molar-refractivity contribution < 1.29 is 32.3 Å². The number of alkyl halides is 3. The van der Waals surface area contributed by atoms with E-state index in [2.05, 4.69) is 4.98 Å². The van der Waals surface area contributed by atoms with E-state index in [-0.39, 0.29) is 11.0 Å². The monoisotopic (exact) mass is 377 g/mol. The molecule has 1 aromatic heterocycles. The van der Waals surface area contributed by atoms with E-state index < -0.39 is 30.0 Å². The molecule has 11 heteroatoms. The van der Waals surface area contributed by atoms with Gasteiger partial charge in [-0.05, 0) is 19.1 Å². The zero-order valence-electron chi connectivity index (χ0n) is 12.9. The van der Waals surface area contributed by atoms with Crippen LogP contribution in [0.25, 0.3) is 11.1 Å². The quantitative estimate of drug-likeness (QED) is 0.542. The molecule has 0 aliphatic heterocycles. The molecule has 1 atom stereocenters. The number of fused-ring (bicyclic) bond motifs is 1. The third kappa shape index (κ3) is 5.10. The lowest BCUT2D eigenvalue weighted by Gasteiger charge is -2.25. The van der Waals surface area contributed by atoms with E-state index in [4.69, 9.17) is 4.42 Å². The van der Waals surface area contributed by atoms with Crippen LogP contribution in [-0.4, -0.2) is 39.4 Å². The van der Waals surface area contributed by atoms with Gasteiger partial charge in [-0.3, -0.25) is 20.4 Å². The number of para-hydroxylation sites is 2. The minimum absolute atomic E-state index is 0.178. The number of hydrogen-bond acceptors (Lipinski definition) is 6. The van der Waals surface area contributed by atoms with Crippen molar-refractivity contribution in [3.05, 3.63) is 24.3 Å². The number of hydrazine groups is 1. The van der Waals surface area contributed by atoms with Gasteiger partial charge in [0.05, 0.1) is 12.2 Å². The Labute approximate surface area is 143 Å². The number of carbonyl (C=O) groups is 2. The first-order chi connectivity index (χ1) is 11.6. The molecule has 2 rings (SSSR count). The van der Waals surface area contributed by atoms with Crippen molar-refractivity contribution in [3.63, 3.8) is 0 Å². The van der Waals surface area contributed by atoms with Crippen LogP contribution in [0.5, 0.6) is 0 Å². The van der Waals surface area contributed by atoms with Gasteiger partial charge in [-0.15, -0.1) is 0 Å². The summed E-state index contributed by atoms with van der Waals surface area (Å²) in [5.74, 6) is -2.03. The molecule has 2 aromatic rings. The Morgan fingerprint density at radius 1 is 1.24 bits per heavy atom. The second kappa shape index (κ2) is 7.31. The number of oxazole rings is 1. The number of benzene rings is 1. The number of amides is 2. The molecule has 0 aliphatic rings. The van der Waals surface area contributed by atoms with Crippen LogP contribution in [0.1, 0.15) is 13.3 Å². The van der Waals surface area contributed by atoms with Crippen LogP contribution in [0, 0.1) is 0 Å². The zero-order valence-corrected chi connectivity index (χ0v) is 13.7. The van der Waals surface area contributed by atoms with Crippen molar-refractivity contribution in [3.8, 4) is 0 Å². The lowest BCUT2D eigenvalue weighted by Crippen LogP contribution is -2.49. The molecule has 1 aromatic carbocycles. The molecule has 0 saturated carbocycles. The Bertz CT molecular complexity index is 743. The summed E-state index contributed by atoms with van der Waals surface area (Å²) in [5.41, 5.74) is 1.75. The molecular formula is C14H14F3N3O4S. The first-order valence-electron chi connectivity index (χ1n) is 6.94. The van der Waals surface area contributed by atoms with Crippen LogP contribution in [0.15, 0.2) is 33.9 Å². The number of carbonyl (C=O) groups excluding carboxylic acids is 2. The summed E-state index contributed by atoms with van der Waals surface area (Å²) >= 11 is 0.953. The predicted molar refractivity (Wildman–Crippen MR) is 82.3 cm³/mol. The molecule has 25 heavy (non-hydrogen) atoms. The highest BCUT2D eigenvalue weighted by Crippen LogP contribution is 2.32. The van der Waals surface area contributed by atoms with Crippen molar-refractivity contribution in [2.45, 2.75) is 30.3 Å². The van der Waals surface area contributed by atoms with Crippen LogP contribution >= 0.6 is 11.8 Å². The van der Waals surface area contributed by atoms with Gasteiger partial charge >= 0.3 is 6.18 Å². The van der Waals surface area contributed by atoms with Gasteiger partial charge in [-0.25, -0.2) is 4.98 Å². The first-order valence-corrected chi connectivity index (χ1v) is 7.92. The SMILES string of the molecule is C[C@](O)(CC(=O)NNC(=O)CSc1nc2ccccc2o1)C(F)(F)F. The Balaban J connectivity index is 1.78. The van der Waals surface area contributed by atoms with Crippen LogP contribution in [-0.2, 0) is 9.59 Å². The number of thioether (sulfide) groups is 1. The lowest BCUT2D eigenvalue weighted by atomic mass is 10.0. The maximum absolute atomic E-state index is 12.5. The fourth-order valence-electron chi connectivity index (χ4n) is 1.67. The van der Waals surface area contributed by atoms with E-state index >= 15 is 0 Å². The molecule has 7 nitrogen and oxygen atoms in total. The van der Waals surface area contributed by atoms with Gasteiger partial charge in [-0.2, -0.15) is 13.2 Å². The molecule has 0 radical (unpaired) electrons. The van der Waals surface area contributed by atoms with E-state index in [1.54, 1.807) is 24.3 Å². The number of rotatable bonds is 5. The molecule has 0 unspecified atom stereocenters. The Morgan fingerprint density at radius 3 is 2.52 bits per heavy atom. The third-order valence-electron chi connectivity index (χ3n) is 3.06. The highest BCUT2D eigenvalue weighted by molar-refractivity contribution is 7.99. The highest BCUT2D eigenvalue weighted by Gasteiger charge is 2.51. The second-order valence-electron chi connectivity index (χ2n) is 5.28. The van der Waals surface area contributed by atoms with Crippen molar-refractivity contribution in [1.82, 2.24) is 15.8 Å². The summed E-state index contributed by atoms with van der Waals surface area (Å²) in [7, 11) is 0. The van der Waals surface area contributed by atoms with Crippen LogP contribution in [0.4, 0.5) is 13.2 Å². The molecule has 0 fully saturated rings. The molecule has 0 saturated heterocycles. The average molecular weight is 377 g/mol. The summed E-state index contributed by atoms with van der Waals surface area (Å²) in [6, 6.07) is 6.98. The van der Waals surface area contributed by atoms with Crippen LogP contribution < -0.4 is 10.9 Å². The Hall–Kier alpha value is -2.27. The Morgan fingerprint density at radius 2 is 1.88 bits per heavy atom. The Kier molecular flexibility index (Phi) is 5.58. The third-order valence-corrected chi connectivity index (χ3v) is 3.89. The van der Waals surface area contributed by atoms with Gasteiger partial charge in [0.25, 0.3) is 5.22 Å². The molecule has 2 amide bonds. The molecule has 1 heterocycles. The van der Waals surface area contributed by atoms with Gasteiger partial charge in [0.15, 0.2) is 11.2 Å². The lowest BCUT2D eigenvalue weighted by molar-refractivity contribution is -0.253. The average Bonchev–Trinajstić information content (AvgIpc) is 2.92. The summed E-state index contributed by atoms with van der Waals surface area (Å²) in [4.78, 5) is 27.1. The highest BCUT2D eigenvalue weighted by atomic mass is 32.2. The minimum atomic E-state index is -4.96. The summed E-state index contributed by atoms with van der Waals surface area (Å²) < 4.78 is 42.7. The summed E-state index contributed by atoms with van der Waals surface area (Å²) in [6.45, 7) is 0.470. The summed E-state index contributed by atoms with van der Waals surface area (Å²) in [5, 5.41) is 9.42. The van der Waals surface area contributed by atoms with E-state index in [0.717, 1.165) is 11.8 Å². The van der Waals surface area contributed by atoms with Crippen molar-refractivity contribution in [2.75, 3.05) is 5.75 Å². The molecular weight excluding hydrogens is 363 g/mol. The van der Waals surface area contributed by atoms with E-state index in [0.29, 0.717) is 18.0 Å². The number of aliphatic hydroxyl groups is 1. The molecule has 0 aliphatic carbocycles. The molecule has 3 N–H and O–H groups in total. The number of nitrogens with one attached hydrogen (secondary N) is 2. The van der Waals surface area contributed by atoms with Crippen LogP contribution in [0.2, 0.25) is 0 Å². The van der Waals surface area contributed by atoms with Gasteiger partial charge in [0.1, 0.15) is 5.52 Å². The largest absolute Gasteiger partial charge is 0.431 e. The zero-order chi connectivity index (χ0) is 18.7. The molecule has 136 valence electrons. The fraction of sp³-hybridized carbons (Fsp3) is 0.357. The van der Waals surface area contributed by atoms with E-state index in [1.807, 2.05) is 10.9 Å². The summed E-state index contributed by atoms with van der Waals surface area (Å²) in [6.07, 6.45) is -6.20. The number of aromatic nitrogens is 1. The van der Waals surface area contributed by atoms with E-state index in [1.165, 1.54) is 0 Å². The standard InChI is InChI=1S/C14H14F3N3O4S/c1-13(23,14(15,16)17)6-10(21)19-20-11(22)7-25-12-18-8-4-2-3-5-9(8)24-12/h2-5,23H,6-7H2,1H3,(H,19,21)(H,20,22)/t13-/m0/s1. The fourth-order valence-corrected chi connectivity index (χ4v) is 2.31. The van der Waals surface area contributed by atoms with Crippen molar-refractivity contribution in [1.29, 1.82) is 0 Å². The van der Waals surface area contributed by atoms with Crippen molar-refractivity contribution in [2.24, 2.45) is 0 Å². The predicted octanol–water partition coefficient (Wildman–Crippen LogP) is 1.77. The van der Waals surface area contributed by atoms with Crippen molar-refractivity contribution >= 4 is 34.7 Å². The minimum Gasteiger partial charge on any atom is -0.431 e. The maximum atomic E-state index is 12.5. The molecule has 0 bridgehead atoms. The van der Waals surface area contributed by atoms with Gasteiger partial charge in [0.2, 0.25) is 11.8 Å². The molecule has 0 spiro atoms. The first kappa shape index (κ1) is 19.1. The van der Waals surface area contributed by atoms with E-state index in [9.17, 15) is 27.9 Å². The number of hydrogen-bond donors (Lipinski definition) is 3. The van der Waals surface area contributed by atoms with Gasteiger partial charge in [0, 0.05) is 0 Å². The van der Waals surface area contributed by atoms with Gasteiger partial charge in [-0.1, -0.05) is 23.9 Å². The normalized spacial score (nSPS) is 14.1. The second-order valence-corrected chi connectivity index (χ2v) is 6.21. The topological polar surface area (TPSA) is 104 Å². The smallest absolute Gasteiger partial charge is 0.417 e. The van der Waals surface area contributed by atoms with Crippen LogP contribution in [0.3, 0.4) is 0 Å². The van der Waals surface area contributed by atoms with Gasteiger partial charge < -0.3 is 9.52 Å².